The van der Waals surface area contributed by atoms with Crippen molar-refractivity contribution in [1.29, 1.82) is 0 Å². The van der Waals surface area contributed by atoms with Crippen LogP contribution < -0.4 is 5.73 Å². The van der Waals surface area contributed by atoms with Crippen molar-refractivity contribution < 1.29 is 0 Å². The number of fused-ring (bicyclic) bond motifs is 1. The molecule has 0 radical (unpaired) electrons. The molecule has 90 valence electrons. The Kier molecular flexibility index (Phi) is 2.59. The number of nitrogens with two attached hydrogens (primary N) is 1. The van der Waals surface area contributed by atoms with E-state index in [2.05, 4.69) is 27.0 Å². The molecule has 0 saturated carbocycles. The van der Waals surface area contributed by atoms with Crippen molar-refractivity contribution in [3.63, 3.8) is 0 Å². The second kappa shape index (κ2) is 4.14. The summed E-state index contributed by atoms with van der Waals surface area (Å²) in [5.41, 5.74) is 9.67. The van der Waals surface area contributed by atoms with Crippen molar-refractivity contribution >= 4 is 27.1 Å². The van der Waals surface area contributed by atoms with Crippen LogP contribution in [0.25, 0.3) is 16.8 Å². The molecule has 0 bridgehead atoms. The number of aromatic nitrogens is 2. The first-order chi connectivity index (χ1) is 8.66. The van der Waals surface area contributed by atoms with E-state index in [4.69, 9.17) is 5.73 Å². The summed E-state index contributed by atoms with van der Waals surface area (Å²) in [6.45, 7) is 1.99. The highest BCUT2D eigenvalue weighted by atomic mass is 79.9. The minimum absolute atomic E-state index is 0.746. The third-order valence-electron chi connectivity index (χ3n) is 2.97. The van der Waals surface area contributed by atoms with Crippen molar-refractivity contribution in [1.82, 2.24) is 9.38 Å². The molecule has 18 heavy (non-hydrogen) atoms. The number of anilines is 1. The minimum Gasteiger partial charge on any atom is -0.399 e. The second-order valence-corrected chi connectivity index (χ2v) is 5.06. The number of hydrogen-bond acceptors (Lipinski definition) is 2. The molecule has 0 amide bonds. The predicted octanol–water partition coefficient (Wildman–Crippen LogP) is 3.65. The summed E-state index contributed by atoms with van der Waals surface area (Å²) in [4.78, 5) is 4.64. The Morgan fingerprint density at radius 1 is 1.22 bits per heavy atom. The fourth-order valence-corrected chi connectivity index (χ4v) is 2.58. The van der Waals surface area contributed by atoms with Gasteiger partial charge < -0.3 is 10.1 Å². The number of nitrogens with zero attached hydrogens (tertiary/aromatic N) is 2. The summed E-state index contributed by atoms with van der Waals surface area (Å²) in [5.74, 6) is 0.954. The lowest BCUT2D eigenvalue weighted by Gasteiger charge is -2.02. The highest BCUT2D eigenvalue weighted by Gasteiger charge is 2.12. The zero-order valence-corrected chi connectivity index (χ0v) is 11.5. The standard InChI is InChI=1S/C14H12BrN3/c1-9-17-14(11-4-2-3-5-12(11)15)13-8-10(16)6-7-18(9)13/h2-8H,16H2,1H3. The Morgan fingerprint density at radius 3 is 2.78 bits per heavy atom. The van der Waals surface area contributed by atoms with E-state index in [0.717, 1.165) is 32.8 Å². The van der Waals surface area contributed by atoms with Gasteiger partial charge in [-0.2, -0.15) is 0 Å². The molecule has 0 unspecified atom stereocenters. The second-order valence-electron chi connectivity index (χ2n) is 4.20. The van der Waals surface area contributed by atoms with Crippen LogP contribution in [-0.4, -0.2) is 9.38 Å². The van der Waals surface area contributed by atoms with Crippen molar-refractivity contribution in [2.45, 2.75) is 6.92 Å². The zero-order chi connectivity index (χ0) is 12.7. The number of nitrogen functional groups attached to an aromatic ring is 1. The molecule has 2 heterocycles. The molecule has 3 rings (SSSR count). The lowest BCUT2D eigenvalue weighted by molar-refractivity contribution is 1.05. The van der Waals surface area contributed by atoms with Crippen LogP contribution in [0.1, 0.15) is 5.82 Å². The van der Waals surface area contributed by atoms with E-state index in [0.29, 0.717) is 0 Å². The van der Waals surface area contributed by atoms with Gasteiger partial charge in [-0.05, 0) is 25.1 Å². The SMILES string of the molecule is Cc1nc(-c2ccccc2Br)c2cc(N)ccn12. The number of pyridine rings is 1. The van der Waals surface area contributed by atoms with Crippen LogP contribution in [0.5, 0.6) is 0 Å². The smallest absolute Gasteiger partial charge is 0.110 e. The van der Waals surface area contributed by atoms with Gasteiger partial charge in [0.1, 0.15) is 5.82 Å². The topological polar surface area (TPSA) is 43.3 Å². The molecule has 0 aliphatic rings. The van der Waals surface area contributed by atoms with Gasteiger partial charge in [0.05, 0.1) is 11.2 Å². The summed E-state index contributed by atoms with van der Waals surface area (Å²) in [6.07, 6.45) is 1.95. The van der Waals surface area contributed by atoms with Crippen LogP contribution in [-0.2, 0) is 0 Å². The number of hydrogen-bond donors (Lipinski definition) is 1. The Morgan fingerprint density at radius 2 is 2.00 bits per heavy atom. The van der Waals surface area contributed by atoms with Gasteiger partial charge >= 0.3 is 0 Å². The molecule has 0 saturated heterocycles. The van der Waals surface area contributed by atoms with Crippen molar-refractivity contribution in [3.8, 4) is 11.3 Å². The Hall–Kier alpha value is -1.81. The van der Waals surface area contributed by atoms with Crippen LogP contribution in [0.2, 0.25) is 0 Å². The molecule has 0 aliphatic carbocycles. The summed E-state index contributed by atoms with van der Waals surface area (Å²) in [6, 6.07) is 11.9. The van der Waals surface area contributed by atoms with Gasteiger partial charge in [0.2, 0.25) is 0 Å². The third-order valence-corrected chi connectivity index (χ3v) is 3.66. The Balaban J connectivity index is 2.36. The van der Waals surface area contributed by atoms with Crippen LogP contribution in [0.4, 0.5) is 5.69 Å². The average molecular weight is 302 g/mol. The normalized spacial score (nSPS) is 11.0. The first-order valence-corrected chi connectivity index (χ1v) is 6.45. The molecule has 0 fully saturated rings. The molecule has 0 aliphatic heterocycles. The van der Waals surface area contributed by atoms with Gasteiger partial charge in [0.15, 0.2) is 0 Å². The van der Waals surface area contributed by atoms with Crippen LogP contribution >= 0.6 is 15.9 Å². The number of benzene rings is 1. The van der Waals surface area contributed by atoms with Crippen molar-refractivity contribution in [2.75, 3.05) is 5.73 Å². The minimum atomic E-state index is 0.746. The quantitative estimate of drug-likeness (QED) is 0.745. The van der Waals surface area contributed by atoms with Crippen LogP contribution in [0.3, 0.4) is 0 Å². The maximum absolute atomic E-state index is 5.87. The molecule has 4 heteroatoms. The lowest BCUT2D eigenvalue weighted by atomic mass is 10.1. The Bertz CT molecular complexity index is 731. The van der Waals surface area contributed by atoms with Gasteiger partial charge in [-0.15, -0.1) is 0 Å². The van der Waals surface area contributed by atoms with Gasteiger partial charge in [-0.3, -0.25) is 0 Å². The third kappa shape index (κ3) is 1.69. The first-order valence-electron chi connectivity index (χ1n) is 5.66. The summed E-state index contributed by atoms with van der Waals surface area (Å²) >= 11 is 3.57. The summed E-state index contributed by atoms with van der Waals surface area (Å²) < 4.78 is 3.08. The summed E-state index contributed by atoms with van der Waals surface area (Å²) in [7, 11) is 0. The molecule has 3 nitrogen and oxygen atoms in total. The van der Waals surface area contributed by atoms with Crippen LogP contribution in [0, 0.1) is 6.92 Å². The first kappa shape index (κ1) is 11.3. The number of halogens is 1. The molecule has 0 atom stereocenters. The fourth-order valence-electron chi connectivity index (χ4n) is 2.11. The molecule has 2 N–H and O–H groups in total. The van der Waals surface area contributed by atoms with Crippen molar-refractivity contribution in [3.05, 3.63) is 52.9 Å². The van der Waals surface area contributed by atoms with E-state index < -0.39 is 0 Å². The highest BCUT2D eigenvalue weighted by Crippen LogP contribution is 2.31. The maximum atomic E-state index is 5.87. The van der Waals surface area contributed by atoms with E-state index in [1.807, 2.05) is 47.9 Å². The molecule has 3 aromatic rings. The van der Waals surface area contributed by atoms with Crippen molar-refractivity contribution in [2.24, 2.45) is 0 Å². The maximum Gasteiger partial charge on any atom is 0.110 e. The molecular weight excluding hydrogens is 290 g/mol. The zero-order valence-electron chi connectivity index (χ0n) is 9.89. The number of imidazole rings is 1. The largest absolute Gasteiger partial charge is 0.399 e. The molecule has 1 aromatic carbocycles. The van der Waals surface area contributed by atoms with E-state index >= 15 is 0 Å². The molecule has 2 aromatic heterocycles. The average Bonchev–Trinajstić information content (AvgIpc) is 2.67. The van der Waals surface area contributed by atoms with Gasteiger partial charge in [0, 0.05) is 21.9 Å². The van der Waals surface area contributed by atoms with Gasteiger partial charge in [0.25, 0.3) is 0 Å². The van der Waals surface area contributed by atoms with E-state index in [-0.39, 0.29) is 0 Å². The van der Waals surface area contributed by atoms with Crippen LogP contribution in [0.15, 0.2) is 47.1 Å². The Labute approximate surface area is 113 Å². The molecular formula is C14H12BrN3. The predicted molar refractivity (Wildman–Crippen MR) is 77.5 cm³/mol. The van der Waals surface area contributed by atoms with E-state index in [1.54, 1.807) is 0 Å². The number of rotatable bonds is 1. The van der Waals surface area contributed by atoms with E-state index in [1.165, 1.54) is 0 Å². The fraction of sp³-hybridized carbons (Fsp3) is 0.0714. The lowest BCUT2D eigenvalue weighted by Crippen LogP contribution is -1.90. The summed E-state index contributed by atoms with van der Waals surface area (Å²) in [5, 5.41) is 0. The monoisotopic (exact) mass is 301 g/mol. The van der Waals surface area contributed by atoms with E-state index in [9.17, 15) is 0 Å². The highest BCUT2D eigenvalue weighted by molar-refractivity contribution is 9.10. The molecule has 0 spiro atoms. The van der Waals surface area contributed by atoms with Gasteiger partial charge in [-0.1, -0.05) is 34.1 Å². The van der Waals surface area contributed by atoms with Gasteiger partial charge in [-0.25, -0.2) is 4.98 Å². The number of aryl methyl sites for hydroxylation is 1.